The zero-order valence-corrected chi connectivity index (χ0v) is 10.9. The van der Waals surface area contributed by atoms with Crippen molar-refractivity contribution >= 4 is 38.0 Å². The summed E-state index contributed by atoms with van der Waals surface area (Å²) in [5.74, 6) is 0. The van der Waals surface area contributed by atoms with Crippen LogP contribution in [0.15, 0.2) is 23.7 Å². The van der Waals surface area contributed by atoms with E-state index in [9.17, 15) is 0 Å². The van der Waals surface area contributed by atoms with Gasteiger partial charge in [0.15, 0.2) is 5.13 Å². The lowest BCUT2D eigenvalue weighted by molar-refractivity contribution is 1.15. The van der Waals surface area contributed by atoms with Gasteiger partial charge in [-0.1, -0.05) is 6.07 Å². The van der Waals surface area contributed by atoms with Crippen molar-refractivity contribution in [3.8, 4) is 0 Å². The molecule has 0 amide bonds. The molecule has 0 atom stereocenters. The highest BCUT2D eigenvalue weighted by Crippen LogP contribution is 2.25. The standard InChI is InChI=1S/C12H11N3S2/c1-7-10(17-12(13)15-7)4-8-2-3-9-11(5-8)16-6-14-9/h2-3,5-6H,4H2,1H3,(H2,13,15). The maximum absolute atomic E-state index is 5.71. The van der Waals surface area contributed by atoms with Crippen LogP contribution >= 0.6 is 22.7 Å². The summed E-state index contributed by atoms with van der Waals surface area (Å²) in [5.41, 5.74) is 11.0. The van der Waals surface area contributed by atoms with E-state index in [2.05, 4.69) is 28.2 Å². The third-order valence-electron chi connectivity index (χ3n) is 2.67. The molecule has 0 saturated heterocycles. The fourth-order valence-electron chi connectivity index (χ4n) is 1.81. The predicted octanol–water partition coefficient (Wildman–Crippen LogP) is 3.23. The van der Waals surface area contributed by atoms with Crippen LogP contribution in [-0.4, -0.2) is 9.97 Å². The van der Waals surface area contributed by atoms with Crippen LogP contribution in [-0.2, 0) is 6.42 Å². The van der Waals surface area contributed by atoms with Crippen LogP contribution in [0.3, 0.4) is 0 Å². The molecule has 86 valence electrons. The second kappa shape index (κ2) is 4.09. The normalized spacial score (nSPS) is 11.1. The Labute approximate surface area is 107 Å². The Kier molecular flexibility index (Phi) is 2.57. The molecule has 0 fully saturated rings. The summed E-state index contributed by atoms with van der Waals surface area (Å²) in [5, 5.41) is 0.649. The molecule has 0 spiro atoms. The Hall–Kier alpha value is -1.46. The van der Waals surface area contributed by atoms with E-state index in [0.29, 0.717) is 5.13 Å². The van der Waals surface area contributed by atoms with Crippen molar-refractivity contribution in [1.82, 2.24) is 9.97 Å². The molecule has 2 N–H and O–H groups in total. The van der Waals surface area contributed by atoms with Crippen molar-refractivity contribution in [2.24, 2.45) is 0 Å². The second-order valence-electron chi connectivity index (χ2n) is 3.89. The molecule has 0 aliphatic heterocycles. The van der Waals surface area contributed by atoms with Crippen molar-refractivity contribution in [2.75, 3.05) is 5.73 Å². The number of thiazole rings is 2. The number of fused-ring (bicyclic) bond motifs is 1. The largest absolute Gasteiger partial charge is 0.375 e. The van der Waals surface area contributed by atoms with Crippen LogP contribution < -0.4 is 5.73 Å². The third-order valence-corrected chi connectivity index (χ3v) is 4.45. The van der Waals surface area contributed by atoms with Gasteiger partial charge in [-0.05, 0) is 24.6 Å². The van der Waals surface area contributed by atoms with Gasteiger partial charge in [0, 0.05) is 11.3 Å². The van der Waals surface area contributed by atoms with Gasteiger partial charge in [0.05, 0.1) is 21.4 Å². The first-order chi connectivity index (χ1) is 8.22. The van der Waals surface area contributed by atoms with E-state index in [0.717, 1.165) is 17.6 Å². The number of nitrogens with zero attached hydrogens (tertiary/aromatic N) is 2. The maximum Gasteiger partial charge on any atom is 0.180 e. The maximum atomic E-state index is 5.71. The van der Waals surface area contributed by atoms with Gasteiger partial charge in [0.2, 0.25) is 0 Å². The van der Waals surface area contributed by atoms with E-state index in [4.69, 9.17) is 5.73 Å². The lowest BCUT2D eigenvalue weighted by Crippen LogP contribution is -1.87. The minimum Gasteiger partial charge on any atom is -0.375 e. The zero-order chi connectivity index (χ0) is 11.8. The summed E-state index contributed by atoms with van der Waals surface area (Å²) in [6.07, 6.45) is 0.897. The Balaban J connectivity index is 1.96. The first kappa shape index (κ1) is 10.7. The molecular weight excluding hydrogens is 250 g/mol. The first-order valence-electron chi connectivity index (χ1n) is 5.26. The average Bonchev–Trinajstić information content (AvgIpc) is 2.85. The minimum atomic E-state index is 0.649. The van der Waals surface area contributed by atoms with E-state index >= 15 is 0 Å². The molecule has 0 unspecified atom stereocenters. The van der Waals surface area contributed by atoms with E-state index in [1.165, 1.54) is 15.1 Å². The van der Waals surface area contributed by atoms with Crippen molar-refractivity contribution in [1.29, 1.82) is 0 Å². The highest BCUT2D eigenvalue weighted by molar-refractivity contribution is 7.16. The molecule has 3 nitrogen and oxygen atoms in total. The molecule has 3 rings (SSSR count). The number of aryl methyl sites for hydroxylation is 1. The average molecular weight is 261 g/mol. The van der Waals surface area contributed by atoms with Crippen LogP contribution in [0.25, 0.3) is 10.2 Å². The van der Waals surface area contributed by atoms with E-state index in [-0.39, 0.29) is 0 Å². The van der Waals surface area contributed by atoms with Gasteiger partial charge in [-0.15, -0.1) is 22.7 Å². The lowest BCUT2D eigenvalue weighted by Gasteiger charge is -1.99. The molecule has 0 bridgehead atoms. The fraction of sp³-hybridized carbons (Fsp3) is 0.167. The van der Waals surface area contributed by atoms with Crippen molar-refractivity contribution in [3.05, 3.63) is 39.8 Å². The summed E-state index contributed by atoms with van der Waals surface area (Å²) in [6.45, 7) is 2.01. The molecule has 17 heavy (non-hydrogen) atoms. The van der Waals surface area contributed by atoms with Crippen molar-refractivity contribution < 1.29 is 0 Å². The summed E-state index contributed by atoms with van der Waals surface area (Å²) >= 11 is 3.24. The van der Waals surface area contributed by atoms with Crippen molar-refractivity contribution in [2.45, 2.75) is 13.3 Å². The molecule has 2 aromatic heterocycles. The molecular formula is C12H11N3S2. The Morgan fingerprint density at radius 1 is 1.35 bits per heavy atom. The molecule has 0 aliphatic carbocycles. The summed E-state index contributed by atoms with van der Waals surface area (Å²) < 4.78 is 1.23. The number of benzene rings is 1. The van der Waals surface area contributed by atoms with Gasteiger partial charge in [-0.2, -0.15) is 0 Å². The summed E-state index contributed by atoms with van der Waals surface area (Å²) in [4.78, 5) is 9.77. The molecule has 1 aromatic carbocycles. The molecule has 0 aliphatic rings. The molecule has 3 aromatic rings. The summed E-state index contributed by atoms with van der Waals surface area (Å²) in [6, 6.07) is 6.39. The van der Waals surface area contributed by atoms with Crippen molar-refractivity contribution in [3.63, 3.8) is 0 Å². The van der Waals surface area contributed by atoms with Gasteiger partial charge >= 0.3 is 0 Å². The quantitative estimate of drug-likeness (QED) is 0.770. The smallest absolute Gasteiger partial charge is 0.180 e. The van der Waals surface area contributed by atoms with E-state index in [1.807, 2.05) is 12.4 Å². The Morgan fingerprint density at radius 3 is 3.00 bits per heavy atom. The van der Waals surface area contributed by atoms with Gasteiger partial charge in [0.25, 0.3) is 0 Å². The van der Waals surface area contributed by atoms with E-state index in [1.54, 1.807) is 22.7 Å². The lowest BCUT2D eigenvalue weighted by atomic mass is 10.1. The van der Waals surface area contributed by atoms with Crippen LogP contribution in [0.5, 0.6) is 0 Å². The Bertz CT molecular complexity index is 669. The minimum absolute atomic E-state index is 0.649. The number of nitrogen functional groups attached to an aromatic ring is 1. The number of nitrogens with two attached hydrogens (primary N) is 1. The fourth-order valence-corrected chi connectivity index (χ4v) is 3.42. The van der Waals surface area contributed by atoms with Gasteiger partial charge in [-0.3, -0.25) is 0 Å². The highest BCUT2D eigenvalue weighted by atomic mass is 32.1. The number of anilines is 1. The van der Waals surface area contributed by atoms with Gasteiger partial charge in [-0.25, -0.2) is 9.97 Å². The molecule has 5 heteroatoms. The first-order valence-corrected chi connectivity index (χ1v) is 6.96. The molecule has 2 heterocycles. The van der Waals surface area contributed by atoms with Crippen LogP contribution in [0, 0.1) is 6.92 Å². The van der Waals surface area contributed by atoms with Crippen LogP contribution in [0.4, 0.5) is 5.13 Å². The van der Waals surface area contributed by atoms with Gasteiger partial charge < -0.3 is 5.73 Å². The summed E-state index contributed by atoms with van der Waals surface area (Å²) in [7, 11) is 0. The predicted molar refractivity (Wildman–Crippen MR) is 73.7 cm³/mol. The highest BCUT2D eigenvalue weighted by Gasteiger charge is 2.07. The van der Waals surface area contributed by atoms with Crippen LogP contribution in [0.1, 0.15) is 16.1 Å². The van der Waals surface area contributed by atoms with Crippen LogP contribution in [0.2, 0.25) is 0 Å². The topological polar surface area (TPSA) is 51.8 Å². The zero-order valence-electron chi connectivity index (χ0n) is 9.30. The third kappa shape index (κ3) is 2.03. The number of rotatable bonds is 2. The monoisotopic (exact) mass is 261 g/mol. The second-order valence-corrected chi connectivity index (χ2v) is 5.89. The van der Waals surface area contributed by atoms with Gasteiger partial charge in [0.1, 0.15) is 0 Å². The number of hydrogen-bond acceptors (Lipinski definition) is 5. The molecule has 0 saturated carbocycles. The van der Waals surface area contributed by atoms with E-state index < -0.39 is 0 Å². The SMILES string of the molecule is Cc1nc(N)sc1Cc1ccc2ncsc2c1. The Morgan fingerprint density at radius 2 is 2.24 bits per heavy atom. The molecule has 0 radical (unpaired) electrons. The number of aromatic nitrogens is 2. The number of hydrogen-bond donors (Lipinski definition) is 1.